The minimum atomic E-state index is 0.138. The first-order chi connectivity index (χ1) is 9.10. The van der Waals surface area contributed by atoms with E-state index in [0.29, 0.717) is 0 Å². The summed E-state index contributed by atoms with van der Waals surface area (Å²) in [7, 11) is 4.24. The lowest BCUT2D eigenvalue weighted by molar-refractivity contribution is 0.400. The Balaban J connectivity index is 2.79. The van der Waals surface area contributed by atoms with Gasteiger partial charge in [0, 0.05) is 24.8 Å². The molecular formula is C16H29N3. The molecule has 3 nitrogen and oxygen atoms in total. The number of hydrogen-bond donors (Lipinski definition) is 1. The molecule has 0 saturated carbocycles. The molecule has 0 bridgehead atoms. The third-order valence-corrected chi connectivity index (χ3v) is 3.53. The van der Waals surface area contributed by atoms with E-state index in [-0.39, 0.29) is 6.04 Å². The van der Waals surface area contributed by atoms with Crippen LogP contribution in [0.2, 0.25) is 0 Å². The first-order valence-electron chi connectivity index (χ1n) is 7.34. The molecule has 0 aliphatic heterocycles. The van der Waals surface area contributed by atoms with E-state index in [0.717, 1.165) is 26.1 Å². The molecule has 1 aromatic carbocycles. The Bertz CT molecular complexity index is 363. The summed E-state index contributed by atoms with van der Waals surface area (Å²) in [5.74, 6) is 0. The molecule has 0 aromatic heterocycles. The van der Waals surface area contributed by atoms with E-state index >= 15 is 0 Å². The van der Waals surface area contributed by atoms with Gasteiger partial charge in [-0.1, -0.05) is 25.1 Å². The van der Waals surface area contributed by atoms with Crippen molar-refractivity contribution in [3.05, 3.63) is 29.8 Å². The second kappa shape index (κ2) is 8.18. The predicted molar refractivity (Wildman–Crippen MR) is 84.7 cm³/mol. The normalized spacial score (nSPS) is 12.7. The first-order valence-corrected chi connectivity index (χ1v) is 7.34. The van der Waals surface area contributed by atoms with Gasteiger partial charge in [-0.3, -0.25) is 0 Å². The molecule has 0 radical (unpaired) electrons. The van der Waals surface area contributed by atoms with Crippen LogP contribution in [0, 0.1) is 0 Å². The van der Waals surface area contributed by atoms with Crippen LogP contribution in [0.1, 0.15) is 38.3 Å². The Labute approximate surface area is 118 Å². The van der Waals surface area contributed by atoms with Crippen LogP contribution in [0.5, 0.6) is 0 Å². The van der Waals surface area contributed by atoms with E-state index < -0.39 is 0 Å². The van der Waals surface area contributed by atoms with E-state index in [1.54, 1.807) is 0 Å². The molecule has 108 valence electrons. The van der Waals surface area contributed by atoms with Gasteiger partial charge in [0.15, 0.2) is 0 Å². The molecule has 1 aromatic rings. The van der Waals surface area contributed by atoms with Gasteiger partial charge in [0.05, 0.1) is 0 Å². The van der Waals surface area contributed by atoms with Crippen LogP contribution in [0.3, 0.4) is 0 Å². The Morgan fingerprint density at radius 2 is 1.79 bits per heavy atom. The summed E-state index contributed by atoms with van der Waals surface area (Å²) < 4.78 is 0. The quantitative estimate of drug-likeness (QED) is 0.783. The Hall–Kier alpha value is -1.06. The summed E-state index contributed by atoms with van der Waals surface area (Å²) in [5, 5.41) is 0. The van der Waals surface area contributed by atoms with Gasteiger partial charge in [-0.25, -0.2) is 0 Å². The minimum absolute atomic E-state index is 0.138. The Morgan fingerprint density at radius 1 is 1.11 bits per heavy atom. The molecule has 0 aliphatic carbocycles. The fraction of sp³-hybridized carbons (Fsp3) is 0.625. The van der Waals surface area contributed by atoms with Gasteiger partial charge < -0.3 is 15.5 Å². The number of anilines is 1. The highest BCUT2D eigenvalue weighted by atomic mass is 15.1. The number of benzene rings is 1. The summed E-state index contributed by atoms with van der Waals surface area (Å²) in [5.41, 5.74) is 8.81. The molecule has 0 fully saturated rings. The molecule has 0 heterocycles. The second-order valence-corrected chi connectivity index (χ2v) is 5.31. The molecule has 0 saturated heterocycles. The average molecular weight is 263 g/mol. The van der Waals surface area contributed by atoms with Gasteiger partial charge >= 0.3 is 0 Å². The summed E-state index contributed by atoms with van der Waals surface area (Å²) >= 11 is 0. The lowest BCUT2D eigenvalue weighted by atomic mass is 10.0. The van der Waals surface area contributed by atoms with Crippen molar-refractivity contribution < 1.29 is 0 Å². The Kier molecular flexibility index (Phi) is 6.89. The van der Waals surface area contributed by atoms with E-state index in [1.807, 2.05) is 0 Å². The van der Waals surface area contributed by atoms with E-state index in [2.05, 4.69) is 62.0 Å². The standard InChI is InChI=1S/C16H29N3/c1-5-15(17)14-10-7-8-11-16(14)19(6-2)13-9-12-18(3)4/h7-8,10-11,15H,5-6,9,12-13,17H2,1-4H3/t15-/m0/s1. The average Bonchev–Trinajstić information content (AvgIpc) is 2.42. The molecule has 1 rings (SSSR count). The predicted octanol–water partition coefficient (Wildman–Crippen LogP) is 2.87. The maximum Gasteiger partial charge on any atom is 0.0414 e. The van der Waals surface area contributed by atoms with Crippen LogP contribution in [-0.4, -0.2) is 38.6 Å². The minimum Gasteiger partial charge on any atom is -0.371 e. The summed E-state index contributed by atoms with van der Waals surface area (Å²) in [6.07, 6.45) is 2.16. The maximum absolute atomic E-state index is 6.23. The van der Waals surface area contributed by atoms with Crippen molar-refractivity contribution in [3.63, 3.8) is 0 Å². The van der Waals surface area contributed by atoms with Gasteiger partial charge in [-0.05, 0) is 52.0 Å². The third-order valence-electron chi connectivity index (χ3n) is 3.53. The maximum atomic E-state index is 6.23. The van der Waals surface area contributed by atoms with E-state index in [1.165, 1.54) is 17.7 Å². The van der Waals surface area contributed by atoms with Crippen molar-refractivity contribution in [3.8, 4) is 0 Å². The SMILES string of the molecule is CC[C@H](N)c1ccccc1N(CC)CCCN(C)C. The number of rotatable bonds is 8. The van der Waals surface area contributed by atoms with E-state index in [9.17, 15) is 0 Å². The largest absolute Gasteiger partial charge is 0.371 e. The molecule has 0 unspecified atom stereocenters. The Morgan fingerprint density at radius 3 is 2.37 bits per heavy atom. The van der Waals surface area contributed by atoms with Crippen LogP contribution >= 0.6 is 0 Å². The van der Waals surface area contributed by atoms with Crippen LogP contribution in [-0.2, 0) is 0 Å². The fourth-order valence-electron chi connectivity index (χ4n) is 2.34. The zero-order valence-corrected chi connectivity index (χ0v) is 12.9. The lowest BCUT2D eigenvalue weighted by Crippen LogP contribution is -2.28. The summed E-state index contributed by atoms with van der Waals surface area (Å²) in [4.78, 5) is 4.67. The zero-order chi connectivity index (χ0) is 14.3. The fourth-order valence-corrected chi connectivity index (χ4v) is 2.34. The molecule has 3 heteroatoms. The second-order valence-electron chi connectivity index (χ2n) is 5.31. The van der Waals surface area contributed by atoms with Crippen molar-refractivity contribution in [1.29, 1.82) is 0 Å². The van der Waals surface area contributed by atoms with Gasteiger partial charge in [0.25, 0.3) is 0 Å². The number of nitrogens with two attached hydrogens (primary N) is 1. The van der Waals surface area contributed by atoms with Crippen LogP contribution in [0.25, 0.3) is 0 Å². The van der Waals surface area contributed by atoms with Crippen molar-refractivity contribution in [1.82, 2.24) is 4.90 Å². The van der Waals surface area contributed by atoms with Gasteiger partial charge in [0.2, 0.25) is 0 Å². The summed E-state index contributed by atoms with van der Waals surface area (Å²) in [6.45, 7) is 7.59. The van der Waals surface area contributed by atoms with Crippen LogP contribution < -0.4 is 10.6 Å². The number of para-hydroxylation sites is 1. The zero-order valence-electron chi connectivity index (χ0n) is 12.9. The monoisotopic (exact) mass is 263 g/mol. The lowest BCUT2D eigenvalue weighted by Gasteiger charge is -2.28. The summed E-state index contributed by atoms with van der Waals surface area (Å²) in [6, 6.07) is 8.69. The molecule has 0 spiro atoms. The highest BCUT2D eigenvalue weighted by Crippen LogP contribution is 2.26. The molecule has 1 atom stereocenters. The van der Waals surface area contributed by atoms with Crippen molar-refractivity contribution in [2.24, 2.45) is 5.73 Å². The molecule has 0 aliphatic rings. The molecular weight excluding hydrogens is 234 g/mol. The molecule has 0 amide bonds. The van der Waals surface area contributed by atoms with Crippen molar-refractivity contribution in [2.75, 3.05) is 38.6 Å². The van der Waals surface area contributed by atoms with E-state index in [4.69, 9.17) is 5.73 Å². The topological polar surface area (TPSA) is 32.5 Å². The third kappa shape index (κ3) is 4.84. The van der Waals surface area contributed by atoms with Gasteiger partial charge in [0.1, 0.15) is 0 Å². The van der Waals surface area contributed by atoms with Gasteiger partial charge in [-0.15, -0.1) is 0 Å². The molecule has 2 N–H and O–H groups in total. The molecule has 19 heavy (non-hydrogen) atoms. The van der Waals surface area contributed by atoms with Crippen LogP contribution in [0.4, 0.5) is 5.69 Å². The smallest absolute Gasteiger partial charge is 0.0414 e. The van der Waals surface area contributed by atoms with Gasteiger partial charge in [-0.2, -0.15) is 0 Å². The number of nitrogens with zero attached hydrogens (tertiary/aromatic N) is 2. The van der Waals surface area contributed by atoms with Crippen molar-refractivity contribution >= 4 is 5.69 Å². The highest BCUT2D eigenvalue weighted by Gasteiger charge is 2.13. The highest BCUT2D eigenvalue weighted by molar-refractivity contribution is 5.54. The van der Waals surface area contributed by atoms with Crippen molar-refractivity contribution in [2.45, 2.75) is 32.7 Å². The van der Waals surface area contributed by atoms with Crippen LogP contribution in [0.15, 0.2) is 24.3 Å². The number of hydrogen-bond acceptors (Lipinski definition) is 3. The first kappa shape index (κ1) is 16.0.